The molecule has 1 aliphatic heterocycles. The van der Waals surface area contributed by atoms with Gasteiger partial charge in [-0.15, -0.1) is 0 Å². The summed E-state index contributed by atoms with van der Waals surface area (Å²) >= 11 is 0. The van der Waals surface area contributed by atoms with Crippen molar-refractivity contribution in [3.63, 3.8) is 0 Å². The summed E-state index contributed by atoms with van der Waals surface area (Å²) < 4.78 is 13.6. The maximum absolute atomic E-state index is 13.6. The molecule has 0 radical (unpaired) electrons. The molecule has 3 heteroatoms. The summed E-state index contributed by atoms with van der Waals surface area (Å²) in [5, 5.41) is 3.50. The summed E-state index contributed by atoms with van der Waals surface area (Å²) in [7, 11) is 2.13. The molecule has 0 saturated carbocycles. The maximum Gasteiger partial charge on any atom is 0.126 e. The standard InChI is InChI=1S/C15H23FN2/c1-12(10-13-6-3-4-8-15(13)16)18(2)11-14-7-5-9-17-14/h3-4,6,8,12,14,17H,5,7,9-11H2,1-2H3. The molecule has 1 fully saturated rings. The molecule has 2 nitrogen and oxygen atoms in total. The van der Waals surface area contributed by atoms with E-state index in [0.717, 1.165) is 25.1 Å². The number of nitrogens with one attached hydrogen (secondary N) is 1. The van der Waals surface area contributed by atoms with Gasteiger partial charge in [0.05, 0.1) is 0 Å². The molecule has 1 saturated heterocycles. The highest BCUT2D eigenvalue weighted by Crippen LogP contribution is 2.13. The number of hydrogen-bond donors (Lipinski definition) is 1. The summed E-state index contributed by atoms with van der Waals surface area (Å²) in [6.07, 6.45) is 3.31. The fourth-order valence-corrected chi connectivity index (χ4v) is 2.58. The first-order valence-electron chi connectivity index (χ1n) is 6.84. The molecule has 18 heavy (non-hydrogen) atoms. The number of nitrogens with zero attached hydrogens (tertiary/aromatic N) is 1. The highest BCUT2D eigenvalue weighted by Gasteiger charge is 2.19. The fraction of sp³-hybridized carbons (Fsp3) is 0.600. The minimum absolute atomic E-state index is 0.0864. The van der Waals surface area contributed by atoms with Crippen LogP contribution >= 0.6 is 0 Å². The zero-order valence-corrected chi connectivity index (χ0v) is 11.3. The summed E-state index contributed by atoms with van der Waals surface area (Å²) in [6.45, 7) is 4.36. The molecule has 0 bridgehead atoms. The van der Waals surface area contributed by atoms with Crippen molar-refractivity contribution in [1.29, 1.82) is 0 Å². The Morgan fingerprint density at radius 3 is 2.89 bits per heavy atom. The van der Waals surface area contributed by atoms with Crippen LogP contribution in [-0.2, 0) is 6.42 Å². The Bertz CT molecular complexity index is 375. The molecule has 2 atom stereocenters. The Hall–Kier alpha value is -0.930. The molecule has 1 heterocycles. The molecule has 1 N–H and O–H groups in total. The molecule has 2 rings (SSSR count). The van der Waals surface area contributed by atoms with Crippen LogP contribution in [0.1, 0.15) is 25.3 Å². The maximum atomic E-state index is 13.6. The molecule has 100 valence electrons. The van der Waals surface area contributed by atoms with Crippen molar-refractivity contribution in [3.8, 4) is 0 Å². The molecule has 1 aliphatic rings. The molecule has 1 aromatic carbocycles. The topological polar surface area (TPSA) is 15.3 Å². The van der Waals surface area contributed by atoms with Gasteiger partial charge in [0.1, 0.15) is 5.82 Å². The van der Waals surface area contributed by atoms with Gasteiger partial charge in [-0.3, -0.25) is 0 Å². The van der Waals surface area contributed by atoms with Gasteiger partial charge >= 0.3 is 0 Å². The van der Waals surface area contributed by atoms with Crippen LogP contribution in [0, 0.1) is 5.82 Å². The predicted molar refractivity (Wildman–Crippen MR) is 73.2 cm³/mol. The van der Waals surface area contributed by atoms with Crippen LogP contribution in [0.5, 0.6) is 0 Å². The average Bonchev–Trinajstić information content (AvgIpc) is 2.84. The van der Waals surface area contributed by atoms with Gasteiger partial charge in [0.15, 0.2) is 0 Å². The lowest BCUT2D eigenvalue weighted by atomic mass is 10.0. The van der Waals surface area contributed by atoms with Gasteiger partial charge in [0, 0.05) is 18.6 Å². The molecule has 0 amide bonds. The van der Waals surface area contributed by atoms with E-state index in [1.165, 1.54) is 12.8 Å². The average molecular weight is 250 g/mol. The van der Waals surface area contributed by atoms with Gasteiger partial charge in [-0.25, -0.2) is 4.39 Å². The third-order valence-corrected chi connectivity index (χ3v) is 3.90. The van der Waals surface area contributed by atoms with Crippen LogP contribution < -0.4 is 5.32 Å². The number of likely N-dealkylation sites (N-methyl/N-ethyl adjacent to an activating group) is 1. The molecule has 2 unspecified atom stereocenters. The van der Waals surface area contributed by atoms with Crippen LogP contribution in [0.4, 0.5) is 4.39 Å². The van der Waals surface area contributed by atoms with Crippen molar-refractivity contribution in [2.75, 3.05) is 20.1 Å². The lowest BCUT2D eigenvalue weighted by molar-refractivity contribution is 0.233. The van der Waals surface area contributed by atoms with Crippen molar-refractivity contribution >= 4 is 0 Å². The van der Waals surface area contributed by atoms with Gasteiger partial charge in [-0.2, -0.15) is 0 Å². The minimum atomic E-state index is -0.0864. The second-order valence-electron chi connectivity index (χ2n) is 5.38. The Morgan fingerprint density at radius 1 is 1.44 bits per heavy atom. The van der Waals surface area contributed by atoms with Crippen molar-refractivity contribution in [2.24, 2.45) is 0 Å². The lowest BCUT2D eigenvalue weighted by Crippen LogP contribution is -2.40. The minimum Gasteiger partial charge on any atom is -0.313 e. The monoisotopic (exact) mass is 250 g/mol. The quantitative estimate of drug-likeness (QED) is 0.863. The van der Waals surface area contributed by atoms with Crippen molar-refractivity contribution in [3.05, 3.63) is 35.6 Å². The molecular weight excluding hydrogens is 227 g/mol. The lowest BCUT2D eigenvalue weighted by Gasteiger charge is -2.27. The van der Waals surface area contributed by atoms with E-state index in [-0.39, 0.29) is 5.82 Å². The Morgan fingerprint density at radius 2 is 2.22 bits per heavy atom. The first-order valence-corrected chi connectivity index (χ1v) is 6.84. The van der Waals surface area contributed by atoms with E-state index in [4.69, 9.17) is 0 Å². The van der Waals surface area contributed by atoms with Gasteiger partial charge in [0.2, 0.25) is 0 Å². The van der Waals surface area contributed by atoms with Gasteiger partial charge in [-0.1, -0.05) is 18.2 Å². The second kappa shape index (κ2) is 6.30. The molecule has 1 aromatic rings. The molecule has 0 spiro atoms. The van der Waals surface area contributed by atoms with Gasteiger partial charge in [0.25, 0.3) is 0 Å². The smallest absolute Gasteiger partial charge is 0.126 e. The Labute approximate surface area is 109 Å². The number of benzene rings is 1. The zero-order valence-electron chi connectivity index (χ0n) is 11.3. The third kappa shape index (κ3) is 3.53. The summed E-state index contributed by atoms with van der Waals surface area (Å²) in [5.41, 5.74) is 0.816. The van der Waals surface area contributed by atoms with Gasteiger partial charge < -0.3 is 10.2 Å². The highest BCUT2D eigenvalue weighted by atomic mass is 19.1. The van der Waals surface area contributed by atoms with Crippen LogP contribution in [-0.4, -0.2) is 37.1 Å². The SMILES string of the molecule is CC(Cc1ccccc1F)N(C)CC1CCCN1. The fourth-order valence-electron chi connectivity index (χ4n) is 2.58. The van der Waals surface area contributed by atoms with E-state index in [9.17, 15) is 4.39 Å². The second-order valence-corrected chi connectivity index (χ2v) is 5.38. The van der Waals surface area contributed by atoms with E-state index in [1.807, 2.05) is 12.1 Å². The van der Waals surface area contributed by atoms with Crippen LogP contribution in [0.25, 0.3) is 0 Å². The zero-order chi connectivity index (χ0) is 13.0. The normalized spacial score (nSPS) is 21.4. The summed E-state index contributed by atoms with van der Waals surface area (Å²) in [6, 6.07) is 8.05. The predicted octanol–water partition coefficient (Wildman–Crippen LogP) is 2.44. The van der Waals surface area contributed by atoms with Crippen molar-refractivity contribution < 1.29 is 4.39 Å². The molecular formula is C15H23FN2. The number of halogens is 1. The highest BCUT2D eigenvalue weighted by molar-refractivity contribution is 5.18. The van der Waals surface area contributed by atoms with E-state index >= 15 is 0 Å². The van der Waals surface area contributed by atoms with Crippen molar-refractivity contribution in [2.45, 2.75) is 38.3 Å². The Kier molecular flexibility index (Phi) is 4.72. The molecule has 0 aliphatic carbocycles. The van der Waals surface area contributed by atoms with Crippen LogP contribution in [0.15, 0.2) is 24.3 Å². The van der Waals surface area contributed by atoms with Crippen LogP contribution in [0.3, 0.4) is 0 Å². The van der Waals surface area contributed by atoms with Gasteiger partial charge in [-0.05, 0) is 51.4 Å². The summed E-state index contributed by atoms with van der Waals surface area (Å²) in [4.78, 5) is 2.33. The third-order valence-electron chi connectivity index (χ3n) is 3.90. The van der Waals surface area contributed by atoms with E-state index < -0.39 is 0 Å². The van der Waals surface area contributed by atoms with Crippen LogP contribution in [0.2, 0.25) is 0 Å². The van der Waals surface area contributed by atoms with E-state index in [2.05, 4.69) is 24.2 Å². The number of hydrogen-bond acceptors (Lipinski definition) is 2. The largest absolute Gasteiger partial charge is 0.313 e. The van der Waals surface area contributed by atoms with Crippen molar-refractivity contribution in [1.82, 2.24) is 10.2 Å². The Balaban J connectivity index is 1.86. The summed E-state index contributed by atoms with van der Waals surface area (Å²) in [5.74, 6) is -0.0864. The molecule has 0 aromatic heterocycles. The first kappa shape index (κ1) is 13.5. The number of rotatable bonds is 5. The first-order chi connectivity index (χ1) is 8.66. The van der Waals surface area contributed by atoms with E-state index in [0.29, 0.717) is 12.1 Å². The van der Waals surface area contributed by atoms with E-state index in [1.54, 1.807) is 12.1 Å².